The van der Waals surface area contributed by atoms with Gasteiger partial charge in [0.25, 0.3) is 0 Å². The van der Waals surface area contributed by atoms with Crippen molar-refractivity contribution in [3.63, 3.8) is 0 Å². The minimum absolute atomic E-state index is 0.0200. The molecule has 8 nitrogen and oxygen atoms in total. The Balaban J connectivity index is 2.04. The lowest BCUT2D eigenvalue weighted by molar-refractivity contribution is -0.151. The van der Waals surface area contributed by atoms with Crippen LogP contribution in [0.2, 0.25) is 0 Å². The number of ether oxygens (including phenoxy) is 1. The zero-order valence-electron chi connectivity index (χ0n) is 15.1. The molecule has 5 atom stereocenters. The van der Waals surface area contributed by atoms with Gasteiger partial charge in [-0.15, -0.1) is 6.58 Å². The number of nitrogens with zero attached hydrogens (tertiary/aromatic N) is 2. The molecule has 0 saturated carbocycles. The number of aliphatic hydroxyl groups is 1. The molecule has 3 saturated heterocycles. The van der Waals surface area contributed by atoms with Gasteiger partial charge in [0.1, 0.15) is 11.6 Å². The average Bonchev–Trinajstić information content (AvgIpc) is 3.20. The summed E-state index contributed by atoms with van der Waals surface area (Å²) in [5, 5.41) is 19.0. The number of carbonyl (C=O) groups excluding carboxylic acids is 2. The summed E-state index contributed by atoms with van der Waals surface area (Å²) in [5.74, 6) is -3.58. The summed E-state index contributed by atoms with van der Waals surface area (Å²) in [6, 6.07) is -1.03. The fourth-order valence-electron chi connectivity index (χ4n) is 4.91. The van der Waals surface area contributed by atoms with E-state index in [-0.39, 0.29) is 25.1 Å². The minimum atomic E-state index is -1.12. The number of amides is 2. The van der Waals surface area contributed by atoms with Crippen molar-refractivity contribution in [3.05, 3.63) is 12.7 Å². The standard InChI is InChI=1S/C18H26N2O6/c1-4-7-19(10(2)3)16(23)14-18-6-5-11(26-18)12(17(24)25)13(18)15(22)20(14)8-9-21/h4,10-14,21H,1,5-9H2,2-3H3,(H,24,25)/t11-,12+,13+,14-,18+/m1/s1. The number of likely N-dealkylation sites (tertiary alicyclic amines) is 1. The molecule has 0 aromatic rings. The molecule has 3 aliphatic rings. The van der Waals surface area contributed by atoms with Crippen LogP contribution in [0.5, 0.6) is 0 Å². The van der Waals surface area contributed by atoms with E-state index in [0.717, 1.165) is 0 Å². The SMILES string of the molecule is C=CCN(C(=O)[C@H]1N(CCO)C(=O)[C@@H]2[C@@H](C(=O)O)[C@H]3CC[C@]21O3)C(C)C. The fourth-order valence-corrected chi connectivity index (χ4v) is 4.91. The highest BCUT2D eigenvalue weighted by molar-refractivity contribution is 5.98. The van der Waals surface area contributed by atoms with Crippen LogP contribution in [0.25, 0.3) is 0 Å². The lowest BCUT2D eigenvalue weighted by atomic mass is 9.70. The molecule has 0 aromatic heterocycles. The molecule has 0 aliphatic carbocycles. The van der Waals surface area contributed by atoms with Crippen molar-refractivity contribution >= 4 is 17.8 Å². The largest absolute Gasteiger partial charge is 0.481 e. The van der Waals surface area contributed by atoms with Crippen LogP contribution >= 0.6 is 0 Å². The smallest absolute Gasteiger partial charge is 0.310 e. The van der Waals surface area contributed by atoms with Gasteiger partial charge in [0.05, 0.1) is 24.5 Å². The highest BCUT2D eigenvalue weighted by Gasteiger charge is 2.74. The maximum absolute atomic E-state index is 13.4. The summed E-state index contributed by atoms with van der Waals surface area (Å²) < 4.78 is 6.05. The van der Waals surface area contributed by atoms with E-state index in [0.29, 0.717) is 19.4 Å². The monoisotopic (exact) mass is 366 g/mol. The Morgan fingerprint density at radius 2 is 2.19 bits per heavy atom. The van der Waals surface area contributed by atoms with Gasteiger partial charge in [-0.1, -0.05) is 6.08 Å². The Morgan fingerprint density at radius 3 is 2.73 bits per heavy atom. The number of carboxylic acids is 1. The molecule has 0 aromatic carbocycles. The summed E-state index contributed by atoms with van der Waals surface area (Å²) in [4.78, 5) is 41.1. The second kappa shape index (κ2) is 6.66. The third-order valence-corrected chi connectivity index (χ3v) is 5.89. The lowest BCUT2D eigenvalue weighted by Gasteiger charge is -2.38. The van der Waals surface area contributed by atoms with Crippen molar-refractivity contribution in [1.29, 1.82) is 0 Å². The first kappa shape index (κ1) is 18.8. The third-order valence-electron chi connectivity index (χ3n) is 5.89. The molecule has 0 radical (unpaired) electrons. The van der Waals surface area contributed by atoms with Crippen LogP contribution in [0, 0.1) is 11.8 Å². The summed E-state index contributed by atoms with van der Waals surface area (Å²) in [6.45, 7) is 7.43. The van der Waals surface area contributed by atoms with E-state index >= 15 is 0 Å². The van der Waals surface area contributed by atoms with Crippen LogP contribution in [0.4, 0.5) is 0 Å². The molecule has 8 heteroatoms. The van der Waals surface area contributed by atoms with Gasteiger partial charge in [-0.2, -0.15) is 0 Å². The van der Waals surface area contributed by atoms with E-state index in [4.69, 9.17) is 4.74 Å². The zero-order chi connectivity index (χ0) is 19.2. The summed E-state index contributed by atoms with van der Waals surface area (Å²) in [6.07, 6.45) is 2.06. The number of hydrogen-bond acceptors (Lipinski definition) is 5. The van der Waals surface area contributed by atoms with E-state index in [9.17, 15) is 24.6 Å². The van der Waals surface area contributed by atoms with Gasteiger partial charge in [-0.3, -0.25) is 14.4 Å². The van der Waals surface area contributed by atoms with Gasteiger partial charge in [-0.05, 0) is 26.7 Å². The second-order valence-electron chi connectivity index (χ2n) is 7.52. The maximum Gasteiger partial charge on any atom is 0.310 e. The molecule has 3 aliphatic heterocycles. The molecule has 26 heavy (non-hydrogen) atoms. The second-order valence-corrected chi connectivity index (χ2v) is 7.52. The van der Waals surface area contributed by atoms with Gasteiger partial charge < -0.3 is 24.7 Å². The van der Waals surface area contributed by atoms with Gasteiger partial charge in [-0.25, -0.2) is 0 Å². The highest BCUT2D eigenvalue weighted by atomic mass is 16.5. The zero-order valence-corrected chi connectivity index (χ0v) is 15.1. The summed E-state index contributed by atoms with van der Waals surface area (Å²) in [5.41, 5.74) is -1.12. The van der Waals surface area contributed by atoms with Crippen LogP contribution < -0.4 is 0 Å². The van der Waals surface area contributed by atoms with E-state index < -0.39 is 41.5 Å². The van der Waals surface area contributed by atoms with Crippen LogP contribution in [0.3, 0.4) is 0 Å². The average molecular weight is 366 g/mol. The first-order valence-electron chi connectivity index (χ1n) is 9.03. The van der Waals surface area contributed by atoms with Gasteiger partial charge in [0, 0.05) is 19.1 Å². The topological polar surface area (TPSA) is 107 Å². The first-order chi connectivity index (χ1) is 12.3. The molecule has 3 rings (SSSR count). The van der Waals surface area contributed by atoms with Crippen molar-refractivity contribution in [2.75, 3.05) is 19.7 Å². The number of rotatable bonds is 7. The van der Waals surface area contributed by atoms with Gasteiger partial charge >= 0.3 is 5.97 Å². The number of aliphatic hydroxyl groups excluding tert-OH is 1. The molecular weight excluding hydrogens is 340 g/mol. The Labute approximate surface area is 152 Å². The minimum Gasteiger partial charge on any atom is -0.481 e. The number of fused-ring (bicyclic) bond motifs is 1. The Morgan fingerprint density at radius 1 is 1.50 bits per heavy atom. The molecule has 3 fully saturated rings. The van der Waals surface area contributed by atoms with Crippen molar-refractivity contribution in [1.82, 2.24) is 9.80 Å². The number of hydrogen-bond donors (Lipinski definition) is 2. The molecule has 3 heterocycles. The Kier molecular flexibility index (Phi) is 4.83. The molecule has 2 bridgehead atoms. The van der Waals surface area contributed by atoms with Crippen molar-refractivity contribution in [3.8, 4) is 0 Å². The summed E-state index contributed by atoms with van der Waals surface area (Å²) in [7, 11) is 0. The van der Waals surface area contributed by atoms with Crippen LogP contribution in [0.1, 0.15) is 26.7 Å². The first-order valence-corrected chi connectivity index (χ1v) is 9.03. The fraction of sp³-hybridized carbons (Fsp3) is 0.722. The van der Waals surface area contributed by atoms with E-state index in [1.807, 2.05) is 13.8 Å². The molecule has 1 spiro atoms. The van der Waals surface area contributed by atoms with Gasteiger partial charge in [0.15, 0.2) is 0 Å². The van der Waals surface area contributed by atoms with Crippen LogP contribution in [-0.2, 0) is 19.1 Å². The number of carboxylic acid groups (broad SMARTS) is 1. The number of β-amino-alcohol motifs (C(OH)–C–C–N with tert-alkyl or cyclic N) is 1. The molecule has 2 amide bonds. The van der Waals surface area contributed by atoms with E-state index in [1.54, 1.807) is 11.0 Å². The lowest BCUT2D eigenvalue weighted by Crippen LogP contribution is -2.57. The van der Waals surface area contributed by atoms with E-state index in [1.165, 1.54) is 4.90 Å². The van der Waals surface area contributed by atoms with E-state index in [2.05, 4.69) is 6.58 Å². The van der Waals surface area contributed by atoms with Gasteiger partial charge in [0.2, 0.25) is 11.8 Å². The number of aliphatic carboxylic acids is 1. The highest BCUT2D eigenvalue weighted by Crippen LogP contribution is 2.58. The van der Waals surface area contributed by atoms with Crippen molar-refractivity contribution < 1.29 is 29.3 Å². The van der Waals surface area contributed by atoms with Crippen molar-refractivity contribution in [2.45, 2.75) is 50.5 Å². The Bertz CT molecular complexity index is 635. The normalized spacial score (nSPS) is 35.1. The predicted molar refractivity (Wildman–Crippen MR) is 91.1 cm³/mol. The van der Waals surface area contributed by atoms with Crippen LogP contribution in [-0.4, -0.2) is 81.3 Å². The Hall–Kier alpha value is -1.93. The quantitative estimate of drug-likeness (QED) is 0.608. The van der Waals surface area contributed by atoms with Crippen LogP contribution in [0.15, 0.2) is 12.7 Å². The van der Waals surface area contributed by atoms with Crippen molar-refractivity contribution in [2.24, 2.45) is 11.8 Å². The summed E-state index contributed by atoms with van der Waals surface area (Å²) >= 11 is 0. The number of carbonyl (C=O) groups is 3. The maximum atomic E-state index is 13.4. The molecule has 0 unspecified atom stereocenters. The third kappa shape index (κ3) is 2.46. The molecule has 2 N–H and O–H groups in total. The molecule has 144 valence electrons. The predicted octanol–water partition coefficient (Wildman–Crippen LogP) is -0.139. The molecular formula is C18H26N2O6.